The number of para-hydroxylation sites is 1. The average molecular weight is 470 g/mol. The number of likely N-dealkylation sites (tertiary alicyclic amines) is 1. The van der Waals surface area contributed by atoms with Crippen LogP contribution in [0.1, 0.15) is 31.9 Å². The monoisotopic (exact) mass is 469 g/mol. The molecule has 1 saturated heterocycles. The number of aromatic amines is 1. The number of H-pyrrole nitrogens is 1. The summed E-state index contributed by atoms with van der Waals surface area (Å²) in [5, 5.41) is 12.8. The van der Waals surface area contributed by atoms with Gasteiger partial charge in [-0.05, 0) is 50.5 Å². The van der Waals surface area contributed by atoms with E-state index >= 15 is 0 Å². The number of β-amino-alcohol motifs (C(OH)–C–C–N with tert-alkyl or cyclic N) is 1. The van der Waals surface area contributed by atoms with Crippen molar-refractivity contribution in [3.63, 3.8) is 0 Å². The molecule has 2 atom stereocenters. The van der Waals surface area contributed by atoms with Crippen LogP contribution >= 0.6 is 11.6 Å². The summed E-state index contributed by atoms with van der Waals surface area (Å²) in [5.74, 6) is 0. The Morgan fingerprint density at radius 2 is 1.88 bits per heavy atom. The molecule has 0 aliphatic carbocycles. The smallest absolute Gasteiger partial charge is 0.410 e. The predicted octanol–water partition coefficient (Wildman–Crippen LogP) is 4.85. The maximum absolute atomic E-state index is 12.6. The quantitative estimate of drug-likeness (QED) is 0.541. The van der Waals surface area contributed by atoms with E-state index in [0.717, 1.165) is 24.0 Å². The lowest BCUT2D eigenvalue weighted by atomic mass is 10.1. The van der Waals surface area contributed by atoms with E-state index in [0.29, 0.717) is 18.1 Å². The number of hydrogen-bond acceptors (Lipinski definition) is 4. The van der Waals surface area contributed by atoms with Gasteiger partial charge >= 0.3 is 6.09 Å². The third-order valence-corrected chi connectivity index (χ3v) is 6.42. The van der Waals surface area contributed by atoms with Crippen LogP contribution in [0.2, 0.25) is 5.02 Å². The molecule has 1 fully saturated rings. The van der Waals surface area contributed by atoms with Gasteiger partial charge in [0.1, 0.15) is 5.60 Å². The van der Waals surface area contributed by atoms with Crippen LogP contribution in [0, 0.1) is 0 Å². The molecular weight excluding hydrogens is 438 g/mol. The van der Waals surface area contributed by atoms with Gasteiger partial charge in [0.05, 0.1) is 18.7 Å². The fourth-order valence-electron chi connectivity index (χ4n) is 4.41. The number of aliphatic hydroxyl groups is 1. The maximum Gasteiger partial charge on any atom is 0.410 e. The first-order chi connectivity index (χ1) is 15.7. The molecule has 33 heavy (non-hydrogen) atoms. The lowest BCUT2D eigenvalue weighted by molar-refractivity contribution is 0.0269. The second-order valence-corrected chi connectivity index (χ2v) is 10.1. The Labute approximate surface area is 200 Å². The molecule has 2 heterocycles. The second kappa shape index (κ2) is 9.75. The van der Waals surface area contributed by atoms with Crippen molar-refractivity contribution in [3.05, 3.63) is 70.9 Å². The number of carbonyl (C=O) groups excluding carboxylic acids is 1. The molecule has 6 nitrogen and oxygen atoms in total. The molecule has 4 rings (SSSR count). The van der Waals surface area contributed by atoms with Crippen molar-refractivity contribution in [2.45, 2.75) is 51.5 Å². The number of rotatable bonds is 6. The Bertz CT molecular complexity index is 1110. The van der Waals surface area contributed by atoms with Gasteiger partial charge in [-0.15, -0.1) is 0 Å². The zero-order valence-corrected chi connectivity index (χ0v) is 20.2. The number of ether oxygens (including phenoxy) is 1. The summed E-state index contributed by atoms with van der Waals surface area (Å²) in [6.07, 6.45) is 1.81. The van der Waals surface area contributed by atoms with Crippen molar-refractivity contribution in [1.82, 2.24) is 14.8 Å². The van der Waals surface area contributed by atoms with Crippen molar-refractivity contribution >= 4 is 28.6 Å². The van der Waals surface area contributed by atoms with Crippen molar-refractivity contribution in [1.29, 1.82) is 0 Å². The minimum Gasteiger partial charge on any atom is -0.444 e. The Morgan fingerprint density at radius 3 is 2.64 bits per heavy atom. The van der Waals surface area contributed by atoms with Gasteiger partial charge in [-0.2, -0.15) is 0 Å². The van der Waals surface area contributed by atoms with Crippen molar-refractivity contribution in [2.75, 3.05) is 19.6 Å². The van der Waals surface area contributed by atoms with Crippen LogP contribution in [0.4, 0.5) is 4.79 Å². The Kier molecular flexibility index (Phi) is 6.98. The lowest BCUT2D eigenvalue weighted by Crippen LogP contribution is -2.44. The molecule has 0 unspecified atom stereocenters. The number of aromatic nitrogens is 1. The number of nitrogens with one attached hydrogen (secondary N) is 1. The molecule has 1 amide bonds. The van der Waals surface area contributed by atoms with Crippen molar-refractivity contribution < 1.29 is 14.6 Å². The summed E-state index contributed by atoms with van der Waals surface area (Å²) in [6, 6.07) is 15.8. The number of carbonyl (C=O) groups is 1. The highest BCUT2D eigenvalue weighted by Gasteiger charge is 2.39. The van der Waals surface area contributed by atoms with Gasteiger partial charge in [-0.3, -0.25) is 4.90 Å². The number of hydrogen-bond donors (Lipinski definition) is 2. The van der Waals surface area contributed by atoms with E-state index in [1.807, 2.05) is 57.2 Å². The van der Waals surface area contributed by atoms with Crippen molar-refractivity contribution in [3.8, 4) is 0 Å². The number of aliphatic hydroxyl groups excluding tert-OH is 1. The Morgan fingerprint density at radius 1 is 1.15 bits per heavy atom. The molecule has 3 aromatic rings. The number of benzene rings is 2. The van der Waals surface area contributed by atoms with Gasteiger partial charge in [0.2, 0.25) is 0 Å². The van der Waals surface area contributed by atoms with E-state index in [1.165, 1.54) is 10.9 Å². The van der Waals surface area contributed by atoms with Crippen LogP contribution in [-0.2, 0) is 17.7 Å². The molecule has 0 saturated carbocycles. The molecule has 2 aromatic carbocycles. The number of nitrogens with zero attached hydrogens (tertiary/aromatic N) is 2. The highest BCUT2D eigenvalue weighted by Crippen LogP contribution is 2.25. The third kappa shape index (κ3) is 5.69. The number of amides is 1. The van der Waals surface area contributed by atoms with E-state index < -0.39 is 17.8 Å². The molecule has 1 aliphatic heterocycles. The topological polar surface area (TPSA) is 68.8 Å². The first-order valence-corrected chi connectivity index (χ1v) is 11.8. The van der Waals surface area contributed by atoms with E-state index in [9.17, 15) is 9.90 Å². The molecule has 2 N–H and O–H groups in total. The molecule has 176 valence electrons. The second-order valence-electron chi connectivity index (χ2n) is 9.69. The van der Waals surface area contributed by atoms with Crippen LogP contribution in [0.5, 0.6) is 0 Å². The molecule has 0 spiro atoms. The minimum atomic E-state index is -0.664. The molecule has 7 heteroatoms. The maximum atomic E-state index is 12.6. The zero-order valence-electron chi connectivity index (χ0n) is 19.4. The fourth-order valence-corrected chi connectivity index (χ4v) is 4.61. The first-order valence-electron chi connectivity index (χ1n) is 11.4. The minimum absolute atomic E-state index is 0.209. The summed E-state index contributed by atoms with van der Waals surface area (Å²) in [5.41, 5.74) is 2.77. The summed E-state index contributed by atoms with van der Waals surface area (Å²) < 4.78 is 5.53. The van der Waals surface area contributed by atoms with E-state index in [4.69, 9.17) is 16.3 Å². The van der Waals surface area contributed by atoms with Gasteiger partial charge in [0.25, 0.3) is 0 Å². The summed E-state index contributed by atoms with van der Waals surface area (Å²) in [4.78, 5) is 19.8. The Hall–Kier alpha value is -2.54. The molecule has 0 bridgehead atoms. The molecule has 0 radical (unpaired) electrons. The largest absolute Gasteiger partial charge is 0.444 e. The van der Waals surface area contributed by atoms with Gasteiger partial charge in [0.15, 0.2) is 0 Å². The van der Waals surface area contributed by atoms with Crippen LogP contribution in [-0.4, -0.2) is 63.4 Å². The Balaban J connectivity index is 1.53. The molecular formula is C26H32ClN3O3. The van der Waals surface area contributed by atoms with Crippen LogP contribution in [0.25, 0.3) is 10.9 Å². The summed E-state index contributed by atoms with van der Waals surface area (Å²) >= 11 is 6.46. The molecule has 1 aromatic heterocycles. The SMILES string of the molecule is CC(C)(C)OC(=O)N1C[C@@H](O)[C@H](N(CCc2c[nH]c3ccccc23)Cc2ccccc2Cl)C1. The van der Waals surface area contributed by atoms with Gasteiger partial charge in [-0.25, -0.2) is 4.79 Å². The van der Waals surface area contributed by atoms with Gasteiger partial charge in [-0.1, -0.05) is 48.0 Å². The highest BCUT2D eigenvalue weighted by molar-refractivity contribution is 6.31. The molecule has 1 aliphatic rings. The predicted molar refractivity (Wildman–Crippen MR) is 131 cm³/mol. The highest BCUT2D eigenvalue weighted by atomic mass is 35.5. The van der Waals surface area contributed by atoms with E-state index in [-0.39, 0.29) is 12.6 Å². The lowest BCUT2D eigenvalue weighted by Gasteiger charge is -2.31. The van der Waals surface area contributed by atoms with Gasteiger partial charge < -0.3 is 19.7 Å². The van der Waals surface area contributed by atoms with E-state index in [1.54, 1.807) is 4.90 Å². The van der Waals surface area contributed by atoms with Crippen LogP contribution < -0.4 is 0 Å². The standard InChI is InChI=1S/C26H32ClN3O3/c1-26(2,3)33-25(32)30-16-23(24(31)17-30)29(15-19-8-4-6-10-21(19)27)13-12-18-14-28-22-11-7-5-9-20(18)22/h4-11,14,23-24,28,31H,12-13,15-17H2,1-3H3/t23-,24-/m1/s1. The van der Waals surface area contributed by atoms with Gasteiger partial charge in [0, 0.05) is 41.8 Å². The number of halogens is 1. The zero-order chi connectivity index (χ0) is 23.6. The third-order valence-electron chi connectivity index (χ3n) is 6.05. The van der Waals surface area contributed by atoms with Crippen molar-refractivity contribution in [2.24, 2.45) is 0 Å². The van der Waals surface area contributed by atoms with E-state index in [2.05, 4.69) is 28.2 Å². The fraction of sp³-hybridized carbons (Fsp3) is 0.423. The normalized spacial score (nSPS) is 18.9. The van der Waals surface area contributed by atoms with Crippen LogP contribution in [0.15, 0.2) is 54.7 Å². The van der Waals surface area contributed by atoms with Crippen LogP contribution in [0.3, 0.4) is 0 Å². The first kappa shape index (κ1) is 23.6. The average Bonchev–Trinajstić information content (AvgIpc) is 3.35. The number of fused-ring (bicyclic) bond motifs is 1. The summed E-state index contributed by atoms with van der Waals surface area (Å²) in [7, 11) is 0. The summed E-state index contributed by atoms with van der Waals surface area (Å²) in [6.45, 7) is 7.52.